The Balaban J connectivity index is 1.90. The van der Waals surface area contributed by atoms with Gasteiger partial charge in [0.15, 0.2) is 0 Å². The molecule has 0 bridgehead atoms. The molecule has 0 radical (unpaired) electrons. The molecule has 0 aliphatic heterocycles. The van der Waals surface area contributed by atoms with Gasteiger partial charge in [0.25, 0.3) is 5.91 Å². The number of anilines is 2. The second kappa shape index (κ2) is 9.33. The smallest absolute Gasteiger partial charge is 0.251 e. The zero-order valence-electron chi connectivity index (χ0n) is 16.2. The number of carbonyl (C=O) groups is 1. The standard InChI is InChI=1S/C23H24N2O2S/c1-16-12-13-21(27-2)20(14-16)25-23(26)22(17-8-5-4-6-9-17)24-18-10-7-11-19(15-18)28-3/h4-15,22,24H,1-3H3,(H,25,26)/t22-/m0/s1. The average molecular weight is 393 g/mol. The first-order valence-corrected chi connectivity index (χ1v) is 10.2. The van der Waals surface area contributed by atoms with Crippen LogP contribution < -0.4 is 15.4 Å². The fourth-order valence-electron chi connectivity index (χ4n) is 2.95. The number of benzene rings is 3. The minimum absolute atomic E-state index is 0.148. The van der Waals surface area contributed by atoms with Gasteiger partial charge in [-0.2, -0.15) is 0 Å². The maximum absolute atomic E-state index is 13.2. The summed E-state index contributed by atoms with van der Waals surface area (Å²) in [5.41, 5.74) is 3.49. The molecule has 3 aromatic carbocycles. The highest BCUT2D eigenvalue weighted by Gasteiger charge is 2.22. The number of hydrogen-bond donors (Lipinski definition) is 2. The van der Waals surface area contributed by atoms with Crippen LogP contribution in [0, 0.1) is 6.92 Å². The summed E-state index contributed by atoms with van der Waals surface area (Å²) in [4.78, 5) is 14.4. The summed E-state index contributed by atoms with van der Waals surface area (Å²) in [5.74, 6) is 0.486. The highest BCUT2D eigenvalue weighted by Crippen LogP contribution is 2.28. The molecule has 0 heterocycles. The van der Waals surface area contributed by atoms with Crippen molar-refractivity contribution in [3.63, 3.8) is 0 Å². The van der Waals surface area contributed by atoms with Crippen LogP contribution in [-0.4, -0.2) is 19.3 Å². The lowest BCUT2D eigenvalue weighted by Crippen LogP contribution is -2.27. The molecule has 0 spiro atoms. The molecule has 1 amide bonds. The average Bonchev–Trinajstić information content (AvgIpc) is 2.73. The van der Waals surface area contributed by atoms with Gasteiger partial charge < -0.3 is 15.4 Å². The highest BCUT2D eigenvalue weighted by molar-refractivity contribution is 7.98. The molecule has 5 heteroatoms. The van der Waals surface area contributed by atoms with Crippen molar-refractivity contribution in [3.05, 3.63) is 83.9 Å². The molecule has 0 saturated carbocycles. The minimum Gasteiger partial charge on any atom is -0.495 e. The van der Waals surface area contributed by atoms with Gasteiger partial charge in [-0.15, -0.1) is 11.8 Å². The molecule has 0 fully saturated rings. The van der Waals surface area contributed by atoms with Gasteiger partial charge in [-0.3, -0.25) is 4.79 Å². The van der Waals surface area contributed by atoms with Crippen molar-refractivity contribution in [1.29, 1.82) is 0 Å². The van der Waals surface area contributed by atoms with Crippen LogP contribution in [0.3, 0.4) is 0 Å². The summed E-state index contributed by atoms with van der Waals surface area (Å²) >= 11 is 1.67. The predicted octanol–water partition coefficient (Wildman–Crippen LogP) is 5.52. The quantitative estimate of drug-likeness (QED) is 0.520. The molecule has 2 N–H and O–H groups in total. The van der Waals surface area contributed by atoms with E-state index in [1.54, 1.807) is 18.9 Å². The van der Waals surface area contributed by atoms with Gasteiger partial charge in [0, 0.05) is 10.6 Å². The molecule has 1 atom stereocenters. The Hall–Kier alpha value is -2.92. The molecule has 28 heavy (non-hydrogen) atoms. The van der Waals surface area contributed by atoms with Crippen LogP contribution in [0.4, 0.5) is 11.4 Å². The van der Waals surface area contributed by atoms with Gasteiger partial charge >= 0.3 is 0 Å². The third-order valence-corrected chi connectivity index (χ3v) is 5.11. The van der Waals surface area contributed by atoms with Gasteiger partial charge in [-0.05, 0) is 54.6 Å². The van der Waals surface area contributed by atoms with Gasteiger partial charge in [0.05, 0.1) is 12.8 Å². The normalized spacial score (nSPS) is 11.5. The Bertz CT molecular complexity index is 944. The van der Waals surface area contributed by atoms with E-state index in [1.807, 2.05) is 86.0 Å². The number of thioether (sulfide) groups is 1. The summed E-state index contributed by atoms with van der Waals surface area (Å²) in [7, 11) is 1.60. The first-order valence-electron chi connectivity index (χ1n) is 9.01. The van der Waals surface area contributed by atoms with Crippen molar-refractivity contribution in [2.24, 2.45) is 0 Å². The topological polar surface area (TPSA) is 50.4 Å². The fourth-order valence-corrected chi connectivity index (χ4v) is 3.41. The molecule has 0 aliphatic carbocycles. The Morgan fingerprint density at radius 3 is 2.50 bits per heavy atom. The summed E-state index contributed by atoms with van der Waals surface area (Å²) in [6.07, 6.45) is 2.03. The number of nitrogens with one attached hydrogen (secondary N) is 2. The fraction of sp³-hybridized carbons (Fsp3) is 0.174. The van der Waals surface area contributed by atoms with Gasteiger partial charge in [-0.1, -0.05) is 42.5 Å². The second-order valence-electron chi connectivity index (χ2n) is 6.41. The van der Waals surface area contributed by atoms with Crippen LogP contribution in [0.1, 0.15) is 17.2 Å². The Kier molecular flexibility index (Phi) is 6.61. The molecular formula is C23H24N2O2S. The molecule has 0 aromatic heterocycles. The van der Waals surface area contributed by atoms with Crippen LogP contribution in [0.15, 0.2) is 77.7 Å². The van der Waals surface area contributed by atoms with E-state index in [-0.39, 0.29) is 5.91 Å². The van der Waals surface area contributed by atoms with Gasteiger partial charge in [0.1, 0.15) is 11.8 Å². The Labute approximate surface area is 170 Å². The van der Waals surface area contributed by atoms with Gasteiger partial charge in [0.2, 0.25) is 0 Å². The molecular weight excluding hydrogens is 368 g/mol. The maximum Gasteiger partial charge on any atom is 0.251 e. The Morgan fingerprint density at radius 2 is 1.79 bits per heavy atom. The number of carbonyl (C=O) groups excluding carboxylic acids is 1. The Morgan fingerprint density at radius 1 is 1.00 bits per heavy atom. The number of methoxy groups -OCH3 is 1. The van der Waals surface area contributed by atoms with E-state index in [4.69, 9.17) is 4.74 Å². The summed E-state index contributed by atoms with van der Waals surface area (Å²) in [6.45, 7) is 1.98. The lowest BCUT2D eigenvalue weighted by atomic mass is 10.1. The van der Waals surface area contributed by atoms with Crippen LogP contribution in [0.5, 0.6) is 5.75 Å². The number of rotatable bonds is 7. The molecule has 3 rings (SSSR count). The van der Waals surface area contributed by atoms with E-state index in [2.05, 4.69) is 10.6 Å². The molecule has 0 saturated heterocycles. The zero-order chi connectivity index (χ0) is 19.9. The maximum atomic E-state index is 13.2. The molecule has 4 nitrogen and oxygen atoms in total. The van der Waals surface area contributed by atoms with E-state index in [9.17, 15) is 4.79 Å². The minimum atomic E-state index is -0.538. The summed E-state index contributed by atoms with van der Waals surface area (Å²) in [5, 5.41) is 6.39. The van der Waals surface area contributed by atoms with Crippen molar-refractivity contribution >= 4 is 29.0 Å². The third-order valence-electron chi connectivity index (χ3n) is 4.39. The lowest BCUT2D eigenvalue weighted by molar-refractivity contribution is -0.117. The molecule has 144 valence electrons. The third kappa shape index (κ3) is 4.87. The lowest BCUT2D eigenvalue weighted by Gasteiger charge is -2.21. The summed E-state index contributed by atoms with van der Waals surface area (Å²) in [6, 6.07) is 22.9. The van der Waals surface area contributed by atoms with Crippen LogP contribution in [0.2, 0.25) is 0 Å². The predicted molar refractivity (Wildman–Crippen MR) is 117 cm³/mol. The number of ether oxygens (including phenoxy) is 1. The van der Waals surface area contributed by atoms with Crippen molar-refractivity contribution in [2.75, 3.05) is 24.0 Å². The van der Waals surface area contributed by atoms with Gasteiger partial charge in [-0.25, -0.2) is 0 Å². The van der Waals surface area contributed by atoms with Crippen molar-refractivity contribution < 1.29 is 9.53 Å². The monoisotopic (exact) mass is 392 g/mol. The number of amides is 1. The zero-order valence-corrected chi connectivity index (χ0v) is 17.0. The van der Waals surface area contributed by atoms with Crippen LogP contribution in [-0.2, 0) is 4.79 Å². The number of hydrogen-bond acceptors (Lipinski definition) is 4. The van der Waals surface area contributed by atoms with Crippen molar-refractivity contribution in [2.45, 2.75) is 17.9 Å². The van der Waals surface area contributed by atoms with Crippen LogP contribution >= 0.6 is 11.8 Å². The molecule has 3 aromatic rings. The number of aryl methyl sites for hydroxylation is 1. The first kappa shape index (κ1) is 19.8. The molecule has 0 unspecified atom stereocenters. The van der Waals surface area contributed by atoms with Crippen molar-refractivity contribution in [1.82, 2.24) is 0 Å². The molecule has 0 aliphatic rings. The highest BCUT2D eigenvalue weighted by atomic mass is 32.2. The summed E-state index contributed by atoms with van der Waals surface area (Å²) < 4.78 is 5.40. The van der Waals surface area contributed by atoms with E-state index < -0.39 is 6.04 Å². The largest absolute Gasteiger partial charge is 0.495 e. The van der Waals surface area contributed by atoms with Crippen molar-refractivity contribution in [3.8, 4) is 5.75 Å². The first-order chi connectivity index (χ1) is 13.6. The van der Waals surface area contributed by atoms with E-state index in [0.29, 0.717) is 11.4 Å². The van der Waals surface area contributed by atoms with E-state index in [1.165, 1.54) is 0 Å². The van der Waals surface area contributed by atoms with E-state index >= 15 is 0 Å². The SMILES string of the molecule is COc1ccc(C)cc1NC(=O)[C@@H](Nc1cccc(SC)c1)c1ccccc1. The van der Waals surface area contributed by atoms with Crippen LogP contribution in [0.25, 0.3) is 0 Å². The second-order valence-corrected chi connectivity index (χ2v) is 7.29. The van der Waals surface area contributed by atoms with E-state index in [0.717, 1.165) is 21.7 Å².